The second-order valence-electron chi connectivity index (χ2n) is 2.20. The second-order valence-corrected chi connectivity index (χ2v) is 2.20. The standard InChI is InChI=1S/C8H8N2O2.2Na/c9-7(11)5-3-1-2-4-6(5)8(10)12;;/h1-4H,(H2,9,11)(H2,10,12);;/q;2*+1/p-2. The molecule has 14 heavy (non-hydrogen) atoms. The molecule has 0 aliphatic heterocycles. The summed E-state index contributed by atoms with van der Waals surface area (Å²) >= 11 is 0. The molecule has 1 aromatic carbocycles. The summed E-state index contributed by atoms with van der Waals surface area (Å²) in [6.45, 7) is 0. The fraction of sp³-hybridized carbons (Fsp3) is 0. The average molecular weight is 208 g/mol. The second kappa shape index (κ2) is 7.45. The summed E-state index contributed by atoms with van der Waals surface area (Å²) in [6.07, 6.45) is 0. The van der Waals surface area contributed by atoms with Gasteiger partial charge in [0.25, 0.3) is 0 Å². The van der Waals surface area contributed by atoms with Crippen LogP contribution in [0.3, 0.4) is 0 Å². The molecule has 0 fully saturated rings. The summed E-state index contributed by atoms with van der Waals surface area (Å²) in [5.74, 6) is -1.88. The van der Waals surface area contributed by atoms with E-state index in [9.17, 15) is 10.2 Å². The van der Waals surface area contributed by atoms with Crippen LogP contribution >= 0.6 is 0 Å². The molecule has 0 radical (unpaired) electrons. The Morgan fingerprint density at radius 1 is 0.857 bits per heavy atom. The van der Waals surface area contributed by atoms with Gasteiger partial charge in [-0.05, 0) is 22.9 Å². The quantitative estimate of drug-likeness (QED) is 0.287. The normalized spacial score (nSPS) is 8.00. The first-order valence-electron chi connectivity index (χ1n) is 3.24. The summed E-state index contributed by atoms with van der Waals surface area (Å²) in [5.41, 5.74) is -0.0324. The van der Waals surface area contributed by atoms with Crippen LogP contribution in [-0.2, 0) is 0 Å². The van der Waals surface area contributed by atoms with Crippen molar-refractivity contribution in [2.75, 3.05) is 0 Å². The van der Waals surface area contributed by atoms with E-state index in [-0.39, 0.29) is 70.2 Å². The van der Waals surface area contributed by atoms with Crippen molar-refractivity contribution in [3.05, 3.63) is 35.4 Å². The zero-order chi connectivity index (χ0) is 9.14. The van der Waals surface area contributed by atoms with E-state index in [0.717, 1.165) is 0 Å². The third-order valence-corrected chi connectivity index (χ3v) is 1.42. The predicted molar refractivity (Wildman–Crippen MR) is 40.1 cm³/mol. The van der Waals surface area contributed by atoms with Crippen LogP contribution in [0.15, 0.2) is 24.3 Å². The van der Waals surface area contributed by atoms with E-state index >= 15 is 0 Å². The molecule has 0 aromatic heterocycles. The van der Waals surface area contributed by atoms with Crippen molar-refractivity contribution in [1.29, 1.82) is 10.8 Å². The van der Waals surface area contributed by atoms with Gasteiger partial charge in [-0.2, -0.15) is 0 Å². The van der Waals surface area contributed by atoms with E-state index in [4.69, 9.17) is 10.8 Å². The van der Waals surface area contributed by atoms with Gasteiger partial charge in [-0.1, -0.05) is 24.3 Å². The van der Waals surface area contributed by atoms with Crippen LogP contribution in [0.2, 0.25) is 0 Å². The monoisotopic (exact) mass is 208 g/mol. The van der Waals surface area contributed by atoms with Crippen LogP contribution in [0.5, 0.6) is 0 Å². The van der Waals surface area contributed by atoms with Crippen LogP contribution in [-0.4, -0.2) is 11.8 Å². The summed E-state index contributed by atoms with van der Waals surface area (Å²) in [4.78, 5) is 0. The van der Waals surface area contributed by atoms with Gasteiger partial charge in [0, 0.05) is 0 Å². The minimum absolute atomic E-state index is 0. The zero-order valence-electron chi connectivity index (χ0n) is 8.13. The summed E-state index contributed by atoms with van der Waals surface area (Å²) in [6, 6.07) is 5.82. The van der Waals surface area contributed by atoms with Crippen molar-refractivity contribution in [2.45, 2.75) is 0 Å². The maximum Gasteiger partial charge on any atom is 1.00 e. The number of rotatable bonds is 2. The van der Waals surface area contributed by atoms with Crippen molar-refractivity contribution < 1.29 is 69.3 Å². The molecule has 6 heteroatoms. The smallest absolute Gasteiger partial charge is 0.859 e. The van der Waals surface area contributed by atoms with E-state index in [1.165, 1.54) is 12.1 Å². The molecule has 1 aromatic rings. The van der Waals surface area contributed by atoms with Gasteiger partial charge in [0.05, 0.1) is 0 Å². The molecule has 4 nitrogen and oxygen atoms in total. The van der Waals surface area contributed by atoms with Crippen molar-refractivity contribution >= 4 is 11.8 Å². The SMILES string of the molecule is N=C([O-])c1ccccc1C(=N)[O-].[Na+].[Na+]. The van der Waals surface area contributed by atoms with Gasteiger partial charge in [0.1, 0.15) is 0 Å². The van der Waals surface area contributed by atoms with Crippen molar-refractivity contribution in [3.8, 4) is 0 Å². The van der Waals surface area contributed by atoms with E-state index in [1.54, 1.807) is 12.1 Å². The fourth-order valence-corrected chi connectivity index (χ4v) is 0.879. The molecule has 0 aliphatic carbocycles. The molecule has 0 unspecified atom stereocenters. The van der Waals surface area contributed by atoms with Crippen molar-refractivity contribution in [2.24, 2.45) is 0 Å². The Balaban J connectivity index is 0. The third-order valence-electron chi connectivity index (χ3n) is 1.42. The van der Waals surface area contributed by atoms with Crippen molar-refractivity contribution in [3.63, 3.8) is 0 Å². The first-order chi connectivity index (χ1) is 5.63. The van der Waals surface area contributed by atoms with E-state index in [0.29, 0.717) is 0 Å². The number of nitrogens with one attached hydrogen (secondary N) is 2. The van der Waals surface area contributed by atoms with Gasteiger partial charge in [-0.3, -0.25) is 0 Å². The Morgan fingerprint density at radius 3 is 1.36 bits per heavy atom. The summed E-state index contributed by atoms with van der Waals surface area (Å²) < 4.78 is 0. The van der Waals surface area contributed by atoms with Gasteiger partial charge in [0.2, 0.25) is 0 Å². The van der Waals surface area contributed by atoms with Crippen LogP contribution < -0.4 is 69.3 Å². The van der Waals surface area contributed by atoms with Crippen LogP contribution in [0.4, 0.5) is 0 Å². The Kier molecular flexibility index (Phi) is 8.83. The fourth-order valence-electron chi connectivity index (χ4n) is 0.879. The molecular formula is C8H6N2Na2O2. The Labute approximate surface area is 126 Å². The molecule has 0 saturated heterocycles. The molecule has 62 valence electrons. The minimum Gasteiger partial charge on any atom is -0.859 e. The maximum atomic E-state index is 10.6. The minimum atomic E-state index is -0.939. The first kappa shape index (κ1) is 16.6. The van der Waals surface area contributed by atoms with Crippen LogP contribution in [0.1, 0.15) is 11.1 Å². The van der Waals surface area contributed by atoms with Gasteiger partial charge >= 0.3 is 59.1 Å². The first-order valence-corrected chi connectivity index (χ1v) is 3.24. The molecule has 0 spiro atoms. The van der Waals surface area contributed by atoms with Gasteiger partial charge in [-0.25, -0.2) is 0 Å². The van der Waals surface area contributed by atoms with Crippen LogP contribution in [0, 0.1) is 10.8 Å². The van der Waals surface area contributed by atoms with E-state index in [2.05, 4.69) is 0 Å². The molecule has 0 heterocycles. The molecule has 0 amide bonds. The van der Waals surface area contributed by atoms with Crippen molar-refractivity contribution in [1.82, 2.24) is 0 Å². The molecule has 2 N–H and O–H groups in total. The molecular weight excluding hydrogens is 202 g/mol. The molecule has 0 atom stereocenters. The zero-order valence-corrected chi connectivity index (χ0v) is 12.1. The van der Waals surface area contributed by atoms with Crippen LogP contribution in [0.25, 0.3) is 0 Å². The third kappa shape index (κ3) is 4.13. The number of benzene rings is 1. The summed E-state index contributed by atoms with van der Waals surface area (Å²) in [7, 11) is 0. The van der Waals surface area contributed by atoms with Gasteiger partial charge in [-0.15, -0.1) is 0 Å². The largest absolute Gasteiger partial charge is 1.00 e. The average Bonchev–Trinajstić information content (AvgIpc) is 2.04. The molecule has 0 aliphatic rings. The van der Waals surface area contributed by atoms with Gasteiger partial charge in [0.15, 0.2) is 0 Å². The van der Waals surface area contributed by atoms with E-state index < -0.39 is 11.8 Å². The Morgan fingerprint density at radius 2 is 1.14 bits per heavy atom. The number of hydrogen-bond donors (Lipinski definition) is 2. The predicted octanol–water partition coefficient (Wildman–Crippen LogP) is -6.93. The molecule has 1 rings (SSSR count). The van der Waals surface area contributed by atoms with E-state index in [1.807, 2.05) is 0 Å². The van der Waals surface area contributed by atoms with Gasteiger partial charge < -0.3 is 21.0 Å². The number of hydrogen-bond acceptors (Lipinski definition) is 4. The Hall–Kier alpha value is 0.160. The summed E-state index contributed by atoms with van der Waals surface area (Å²) in [5, 5.41) is 34.8. The molecule has 0 saturated carbocycles. The Bertz CT molecular complexity index is 309. The molecule has 0 bridgehead atoms. The maximum absolute atomic E-state index is 10.6. The topological polar surface area (TPSA) is 93.8 Å².